The van der Waals surface area contributed by atoms with Crippen molar-refractivity contribution in [3.05, 3.63) is 11.6 Å². The Hall–Kier alpha value is -0.870. The standard InChI is InChI=1S/C12H22O4/c1-3-6-10(12(15)16)8-5-4-7-9(2)11(13)14/h7,10,12,15-16H,3-6,8H2,1-2H3,(H,13,14). The molecule has 1 atom stereocenters. The van der Waals surface area contributed by atoms with Crippen LogP contribution < -0.4 is 0 Å². The highest BCUT2D eigenvalue weighted by Gasteiger charge is 2.14. The van der Waals surface area contributed by atoms with E-state index in [-0.39, 0.29) is 5.92 Å². The molecule has 0 aliphatic heterocycles. The number of hydrogen-bond acceptors (Lipinski definition) is 3. The number of allylic oxidation sites excluding steroid dienone is 1. The van der Waals surface area contributed by atoms with Gasteiger partial charge in [-0.3, -0.25) is 0 Å². The van der Waals surface area contributed by atoms with E-state index < -0.39 is 12.3 Å². The number of carboxylic acids is 1. The van der Waals surface area contributed by atoms with E-state index in [1.807, 2.05) is 6.92 Å². The highest BCUT2D eigenvalue weighted by atomic mass is 16.5. The molecule has 0 heterocycles. The zero-order chi connectivity index (χ0) is 12.6. The van der Waals surface area contributed by atoms with Crippen LogP contribution in [0.1, 0.15) is 46.0 Å². The Morgan fingerprint density at radius 1 is 1.31 bits per heavy atom. The van der Waals surface area contributed by atoms with Crippen molar-refractivity contribution in [2.24, 2.45) is 5.92 Å². The number of aliphatic carboxylic acids is 1. The van der Waals surface area contributed by atoms with Gasteiger partial charge in [-0.1, -0.05) is 19.4 Å². The van der Waals surface area contributed by atoms with Gasteiger partial charge in [-0.05, 0) is 32.6 Å². The number of carbonyl (C=O) groups is 1. The van der Waals surface area contributed by atoms with Gasteiger partial charge in [-0.2, -0.15) is 0 Å². The van der Waals surface area contributed by atoms with Gasteiger partial charge in [-0.25, -0.2) is 4.79 Å². The number of hydrogen-bond donors (Lipinski definition) is 3. The second-order valence-electron chi connectivity index (χ2n) is 4.09. The van der Waals surface area contributed by atoms with Gasteiger partial charge >= 0.3 is 5.97 Å². The number of rotatable bonds is 8. The molecule has 3 N–H and O–H groups in total. The highest BCUT2D eigenvalue weighted by Crippen LogP contribution is 2.18. The summed E-state index contributed by atoms with van der Waals surface area (Å²) in [5.74, 6) is -0.990. The molecule has 0 saturated carbocycles. The molecule has 0 aromatic carbocycles. The number of aliphatic hydroxyl groups excluding tert-OH is 1. The molecule has 0 aromatic heterocycles. The monoisotopic (exact) mass is 230 g/mol. The van der Waals surface area contributed by atoms with Crippen LogP contribution in [0, 0.1) is 5.92 Å². The van der Waals surface area contributed by atoms with Crippen LogP contribution in [0.3, 0.4) is 0 Å². The molecule has 4 heteroatoms. The van der Waals surface area contributed by atoms with Crippen LogP contribution in [0.5, 0.6) is 0 Å². The van der Waals surface area contributed by atoms with Crippen molar-refractivity contribution >= 4 is 5.97 Å². The van der Waals surface area contributed by atoms with Crippen LogP contribution in [0.15, 0.2) is 11.6 Å². The van der Waals surface area contributed by atoms with Crippen LogP contribution in [-0.2, 0) is 4.79 Å². The molecule has 94 valence electrons. The second kappa shape index (κ2) is 8.30. The lowest BCUT2D eigenvalue weighted by Crippen LogP contribution is -2.19. The maximum Gasteiger partial charge on any atom is 0.330 e. The van der Waals surface area contributed by atoms with Crippen LogP contribution in [0.25, 0.3) is 0 Å². The van der Waals surface area contributed by atoms with Crippen molar-refractivity contribution in [2.45, 2.75) is 52.2 Å². The Kier molecular flexibility index (Phi) is 7.85. The van der Waals surface area contributed by atoms with Gasteiger partial charge < -0.3 is 15.3 Å². The highest BCUT2D eigenvalue weighted by molar-refractivity contribution is 5.85. The lowest BCUT2D eigenvalue weighted by Gasteiger charge is -2.17. The lowest BCUT2D eigenvalue weighted by atomic mass is 9.96. The number of carboxylic acid groups (broad SMARTS) is 1. The van der Waals surface area contributed by atoms with Crippen molar-refractivity contribution in [3.8, 4) is 0 Å². The van der Waals surface area contributed by atoms with Crippen molar-refractivity contribution < 1.29 is 20.1 Å². The maximum atomic E-state index is 10.5. The third-order valence-electron chi connectivity index (χ3n) is 2.65. The molecule has 0 spiro atoms. The third-order valence-corrected chi connectivity index (χ3v) is 2.65. The van der Waals surface area contributed by atoms with Crippen LogP contribution >= 0.6 is 0 Å². The van der Waals surface area contributed by atoms with E-state index in [0.717, 1.165) is 25.7 Å². The average molecular weight is 230 g/mol. The van der Waals surface area contributed by atoms with Gasteiger partial charge in [0.15, 0.2) is 6.29 Å². The van der Waals surface area contributed by atoms with E-state index in [1.165, 1.54) is 0 Å². The fourth-order valence-corrected chi connectivity index (χ4v) is 1.60. The molecule has 0 aromatic rings. The Morgan fingerprint density at radius 2 is 1.94 bits per heavy atom. The summed E-state index contributed by atoms with van der Waals surface area (Å²) >= 11 is 0. The fourth-order valence-electron chi connectivity index (χ4n) is 1.60. The molecule has 0 aliphatic carbocycles. The molecular weight excluding hydrogens is 208 g/mol. The van der Waals surface area contributed by atoms with Crippen LogP contribution in [-0.4, -0.2) is 27.6 Å². The van der Waals surface area contributed by atoms with Gasteiger partial charge in [0.2, 0.25) is 0 Å². The lowest BCUT2D eigenvalue weighted by molar-refractivity contribution is -0.132. The van der Waals surface area contributed by atoms with Gasteiger partial charge in [0, 0.05) is 11.5 Å². The largest absolute Gasteiger partial charge is 0.478 e. The zero-order valence-corrected chi connectivity index (χ0v) is 10.0. The van der Waals surface area contributed by atoms with Crippen molar-refractivity contribution in [1.82, 2.24) is 0 Å². The first-order chi connectivity index (χ1) is 7.49. The molecule has 0 saturated heterocycles. The quantitative estimate of drug-likeness (QED) is 0.338. The minimum Gasteiger partial charge on any atom is -0.478 e. The Balaban J connectivity index is 3.86. The molecule has 0 fully saturated rings. The first-order valence-corrected chi connectivity index (χ1v) is 5.75. The van der Waals surface area contributed by atoms with E-state index >= 15 is 0 Å². The van der Waals surface area contributed by atoms with Gasteiger partial charge in [0.1, 0.15) is 0 Å². The Morgan fingerprint density at radius 3 is 2.38 bits per heavy atom. The fraction of sp³-hybridized carbons (Fsp3) is 0.750. The summed E-state index contributed by atoms with van der Waals surface area (Å²) < 4.78 is 0. The smallest absolute Gasteiger partial charge is 0.330 e. The van der Waals surface area contributed by atoms with Crippen molar-refractivity contribution in [3.63, 3.8) is 0 Å². The summed E-state index contributed by atoms with van der Waals surface area (Å²) in [5, 5.41) is 26.8. The van der Waals surface area contributed by atoms with Gasteiger partial charge in [-0.15, -0.1) is 0 Å². The van der Waals surface area contributed by atoms with E-state index in [1.54, 1.807) is 13.0 Å². The maximum absolute atomic E-state index is 10.5. The SMILES string of the molecule is CCCC(CCCC=C(C)C(=O)O)C(O)O. The first kappa shape index (κ1) is 15.1. The first-order valence-electron chi connectivity index (χ1n) is 5.75. The molecule has 1 unspecified atom stereocenters. The molecular formula is C12H22O4. The van der Waals surface area contributed by atoms with Crippen molar-refractivity contribution in [2.75, 3.05) is 0 Å². The third kappa shape index (κ3) is 6.58. The zero-order valence-electron chi connectivity index (χ0n) is 10.0. The second-order valence-corrected chi connectivity index (χ2v) is 4.09. The number of unbranched alkanes of at least 4 members (excludes halogenated alkanes) is 1. The molecule has 0 radical (unpaired) electrons. The number of aliphatic hydroxyl groups is 2. The van der Waals surface area contributed by atoms with Crippen molar-refractivity contribution in [1.29, 1.82) is 0 Å². The summed E-state index contributed by atoms with van der Waals surface area (Å²) in [7, 11) is 0. The van der Waals surface area contributed by atoms with E-state index in [2.05, 4.69) is 0 Å². The summed E-state index contributed by atoms with van der Waals surface area (Å²) in [6, 6.07) is 0. The summed E-state index contributed by atoms with van der Waals surface area (Å²) in [6.45, 7) is 3.57. The summed E-state index contributed by atoms with van der Waals surface area (Å²) in [4.78, 5) is 10.5. The summed E-state index contributed by atoms with van der Waals surface area (Å²) in [6.07, 6.45) is 4.30. The minimum atomic E-state index is -1.26. The Labute approximate surface area is 96.6 Å². The normalized spacial score (nSPS) is 14.2. The molecule has 4 nitrogen and oxygen atoms in total. The molecule has 0 aliphatic rings. The van der Waals surface area contributed by atoms with E-state index in [4.69, 9.17) is 15.3 Å². The van der Waals surface area contributed by atoms with E-state index in [9.17, 15) is 4.79 Å². The van der Waals surface area contributed by atoms with Gasteiger partial charge in [0.25, 0.3) is 0 Å². The molecule has 0 amide bonds. The minimum absolute atomic E-state index is 0.0939. The van der Waals surface area contributed by atoms with Crippen LogP contribution in [0.2, 0.25) is 0 Å². The molecule has 16 heavy (non-hydrogen) atoms. The average Bonchev–Trinajstić information content (AvgIpc) is 2.21. The molecule has 0 bridgehead atoms. The van der Waals surface area contributed by atoms with E-state index in [0.29, 0.717) is 12.0 Å². The summed E-state index contributed by atoms with van der Waals surface area (Å²) in [5.41, 5.74) is 0.344. The topological polar surface area (TPSA) is 77.8 Å². The van der Waals surface area contributed by atoms with Crippen LogP contribution in [0.4, 0.5) is 0 Å². The van der Waals surface area contributed by atoms with Gasteiger partial charge in [0.05, 0.1) is 0 Å². The predicted molar refractivity (Wildman–Crippen MR) is 61.9 cm³/mol. The predicted octanol–water partition coefficient (Wildman–Crippen LogP) is 1.91. The molecule has 0 rings (SSSR count). The Bertz CT molecular complexity index is 233.